The fourth-order valence-electron chi connectivity index (χ4n) is 2.61. The molecule has 0 unspecified atom stereocenters. The van der Waals surface area contributed by atoms with Crippen LogP contribution >= 0.6 is 0 Å². The molecular weight excluding hydrogens is 276 g/mol. The van der Waals surface area contributed by atoms with Gasteiger partial charge in [-0.05, 0) is 23.5 Å². The van der Waals surface area contributed by atoms with E-state index in [1.54, 1.807) is 0 Å². The van der Waals surface area contributed by atoms with Crippen molar-refractivity contribution in [1.29, 1.82) is 0 Å². The number of benzene rings is 1. The summed E-state index contributed by atoms with van der Waals surface area (Å²) in [5.74, 6) is 0.0427. The number of hydrogen-bond donors (Lipinski definition) is 2. The van der Waals surface area contributed by atoms with E-state index in [9.17, 15) is 4.79 Å². The zero-order valence-corrected chi connectivity index (χ0v) is 14.1. The molecule has 22 heavy (non-hydrogen) atoms. The van der Waals surface area contributed by atoms with Gasteiger partial charge in [-0.1, -0.05) is 45.0 Å². The number of rotatable bonds is 4. The van der Waals surface area contributed by atoms with Gasteiger partial charge in [-0.25, -0.2) is 0 Å². The molecule has 1 saturated heterocycles. The molecule has 0 saturated carbocycles. The SMILES string of the molecule is C[C@@H](NC(=O)C[C@@H]1CNCCO1)c1ccc(C(C)(C)C)cc1. The minimum Gasteiger partial charge on any atom is -0.375 e. The summed E-state index contributed by atoms with van der Waals surface area (Å²) in [5, 5.41) is 6.30. The molecule has 1 amide bonds. The molecule has 122 valence electrons. The van der Waals surface area contributed by atoms with Crippen molar-refractivity contribution in [1.82, 2.24) is 10.6 Å². The Morgan fingerprint density at radius 2 is 2.05 bits per heavy atom. The molecule has 1 aliphatic heterocycles. The third-order valence-electron chi connectivity index (χ3n) is 4.07. The maximum atomic E-state index is 12.1. The van der Waals surface area contributed by atoms with Crippen LogP contribution in [0, 0.1) is 0 Å². The van der Waals surface area contributed by atoms with Gasteiger partial charge in [0, 0.05) is 13.1 Å². The second kappa shape index (κ2) is 7.25. The maximum absolute atomic E-state index is 12.1. The first-order chi connectivity index (χ1) is 10.4. The van der Waals surface area contributed by atoms with Crippen LogP contribution in [0.4, 0.5) is 0 Å². The first-order valence-electron chi connectivity index (χ1n) is 8.08. The van der Waals surface area contributed by atoms with Crippen LogP contribution in [0.5, 0.6) is 0 Å². The third-order valence-corrected chi connectivity index (χ3v) is 4.07. The van der Waals surface area contributed by atoms with Gasteiger partial charge in [0.2, 0.25) is 5.91 Å². The van der Waals surface area contributed by atoms with Crippen molar-refractivity contribution in [3.63, 3.8) is 0 Å². The van der Waals surface area contributed by atoms with Gasteiger partial charge >= 0.3 is 0 Å². The number of carbonyl (C=O) groups excluding carboxylic acids is 1. The zero-order valence-electron chi connectivity index (χ0n) is 14.1. The molecule has 1 aromatic carbocycles. The Labute approximate surface area is 133 Å². The van der Waals surface area contributed by atoms with Crippen LogP contribution in [0.3, 0.4) is 0 Å². The molecule has 0 radical (unpaired) electrons. The molecule has 2 atom stereocenters. The van der Waals surface area contributed by atoms with E-state index >= 15 is 0 Å². The predicted molar refractivity (Wildman–Crippen MR) is 88.9 cm³/mol. The molecule has 0 aliphatic carbocycles. The van der Waals surface area contributed by atoms with Crippen molar-refractivity contribution in [3.8, 4) is 0 Å². The van der Waals surface area contributed by atoms with Crippen LogP contribution in [0.15, 0.2) is 24.3 Å². The summed E-state index contributed by atoms with van der Waals surface area (Å²) in [4.78, 5) is 12.1. The minimum atomic E-state index is -0.00998. The number of nitrogens with one attached hydrogen (secondary N) is 2. The van der Waals surface area contributed by atoms with Crippen LogP contribution in [-0.4, -0.2) is 31.7 Å². The van der Waals surface area contributed by atoms with Crippen LogP contribution in [0.1, 0.15) is 51.3 Å². The molecule has 0 bridgehead atoms. The second-order valence-electron chi connectivity index (χ2n) is 7.06. The lowest BCUT2D eigenvalue weighted by Gasteiger charge is -2.24. The Morgan fingerprint density at radius 3 is 2.59 bits per heavy atom. The average molecular weight is 304 g/mol. The van der Waals surface area contributed by atoms with E-state index in [0.29, 0.717) is 13.0 Å². The lowest BCUT2D eigenvalue weighted by molar-refractivity contribution is -0.125. The van der Waals surface area contributed by atoms with E-state index in [0.717, 1.165) is 18.7 Å². The van der Waals surface area contributed by atoms with E-state index < -0.39 is 0 Å². The van der Waals surface area contributed by atoms with Crippen LogP contribution < -0.4 is 10.6 Å². The first kappa shape index (κ1) is 17.0. The normalized spacial score (nSPS) is 20.5. The molecule has 4 heteroatoms. The number of hydrogen-bond acceptors (Lipinski definition) is 3. The fraction of sp³-hybridized carbons (Fsp3) is 0.611. The number of carbonyl (C=O) groups is 1. The van der Waals surface area contributed by atoms with Gasteiger partial charge in [-0.15, -0.1) is 0 Å². The number of amides is 1. The number of morpholine rings is 1. The quantitative estimate of drug-likeness (QED) is 0.899. The fourth-order valence-corrected chi connectivity index (χ4v) is 2.61. The van der Waals surface area contributed by atoms with E-state index in [2.05, 4.69) is 55.7 Å². The highest BCUT2D eigenvalue weighted by Crippen LogP contribution is 2.23. The zero-order chi connectivity index (χ0) is 16.2. The van der Waals surface area contributed by atoms with Gasteiger partial charge in [-0.2, -0.15) is 0 Å². The molecule has 2 rings (SSSR count). The molecular formula is C18H28N2O2. The Morgan fingerprint density at radius 1 is 1.36 bits per heavy atom. The van der Waals surface area contributed by atoms with Gasteiger partial charge in [0.1, 0.15) is 0 Å². The Hall–Kier alpha value is -1.39. The van der Waals surface area contributed by atoms with Crippen LogP contribution in [0.2, 0.25) is 0 Å². The molecule has 4 nitrogen and oxygen atoms in total. The minimum absolute atomic E-state index is 0.00998. The Balaban J connectivity index is 1.88. The Bertz CT molecular complexity index is 485. The van der Waals surface area contributed by atoms with Gasteiger partial charge in [0.15, 0.2) is 0 Å². The summed E-state index contributed by atoms with van der Waals surface area (Å²) in [7, 11) is 0. The third kappa shape index (κ3) is 4.82. The largest absolute Gasteiger partial charge is 0.375 e. The molecule has 1 fully saturated rings. The van der Waals surface area contributed by atoms with Crippen LogP contribution in [0.25, 0.3) is 0 Å². The summed E-state index contributed by atoms with van der Waals surface area (Å²) in [6.07, 6.45) is 0.404. The lowest BCUT2D eigenvalue weighted by Crippen LogP contribution is -2.41. The van der Waals surface area contributed by atoms with Crippen molar-refractivity contribution >= 4 is 5.91 Å². The molecule has 1 heterocycles. The molecule has 1 aromatic rings. The summed E-state index contributed by atoms with van der Waals surface area (Å²) in [6.45, 7) is 10.9. The van der Waals surface area contributed by atoms with Crippen molar-refractivity contribution in [2.24, 2.45) is 0 Å². The topological polar surface area (TPSA) is 50.4 Å². The second-order valence-corrected chi connectivity index (χ2v) is 7.06. The Kier molecular flexibility index (Phi) is 5.59. The van der Waals surface area contributed by atoms with Crippen molar-refractivity contribution < 1.29 is 9.53 Å². The van der Waals surface area contributed by atoms with E-state index in [4.69, 9.17) is 4.74 Å². The highest BCUT2D eigenvalue weighted by atomic mass is 16.5. The smallest absolute Gasteiger partial charge is 0.223 e. The highest BCUT2D eigenvalue weighted by molar-refractivity contribution is 5.77. The predicted octanol–water partition coefficient (Wildman–Crippen LogP) is 2.54. The summed E-state index contributed by atoms with van der Waals surface area (Å²) >= 11 is 0. The average Bonchev–Trinajstić information content (AvgIpc) is 2.47. The summed E-state index contributed by atoms with van der Waals surface area (Å²) in [5.41, 5.74) is 2.58. The van der Waals surface area contributed by atoms with Crippen LogP contribution in [-0.2, 0) is 14.9 Å². The molecule has 1 aliphatic rings. The lowest BCUT2D eigenvalue weighted by atomic mass is 9.86. The monoisotopic (exact) mass is 304 g/mol. The summed E-state index contributed by atoms with van der Waals surface area (Å²) < 4.78 is 5.57. The van der Waals surface area contributed by atoms with Gasteiger partial charge in [0.05, 0.1) is 25.2 Å². The summed E-state index contributed by atoms with van der Waals surface area (Å²) in [6, 6.07) is 8.50. The van der Waals surface area contributed by atoms with E-state index in [-0.39, 0.29) is 23.5 Å². The van der Waals surface area contributed by atoms with Gasteiger partial charge in [-0.3, -0.25) is 4.79 Å². The van der Waals surface area contributed by atoms with Gasteiger partial charge < -0.3 is 15.4 Å². The highest BCUT2D eigenvalue weighted by Gasteiger charge is 2.19. The van der Waals surface area contributed by atoms with Crippen molar-refractivity contribution in [2.75, 3.05) is 19.7 Å². The van der Waals surface area contributed by atoms with E-state index in [1.165, 1.54) is 5.56 Å². The van der Waals surface area contributed by atoms with Crippen molar-refractivity contribution in [2.45, 2.75) is 51.7 Å². The maximum Gasteiger partial charge on any atom is 0.223 e. The standard InChI is InChI=1S/C18H28N2O2/c1-13(14-5-7-15(8-6-14)18(2,3)4)20-17(21)11-16-12-19-9-10-22-16/h5-8,13,16,19H,9-12H2,1-4H3,(H,20,21)/t13-,16-/m1/s1. The van der Waals surface area contributed by atoms with E-state index in [1.807, 2.05) is 6.92 Å². The molecule has 0 aromatic heterocycles. The number of ether oxygens (including phenoxy) is 1. The van der Waals surface area contributed by atoms with Gasteiger partial charge in [0.25, 0.3) is 0 Å². The molecule has 2 N–H and O–H groups in total. The molecule has 0 spiro atoms. The first-order valence-corrected chi connectivity index (χ1v) is 8.08. The van der Waals surface area contributed by atoms with Crippen molar-refractivity contribution in [3.05, 3.63) is 35.4 Å².